The molecule has 0 saturated heterocycles. The third-order valence-electron chi connectivity index (χ3n) is 2.53. The summed E-state index contributed by atoms with van der Waals surface area (Å²) in [6.45, 7) is 1.73. The Bertz CT molecular complexity index is 507. The number of hydrogen-bond acceptors (Lipinski definition) is 2. The van der Waals surface area contributed by atoms with Crippen LogP contribution in [0.2, 0.25) is 0 Å². The molecule has 0 fully saturated rings. The van der Waals surface area contributed by atoms with E-state index in [0.29, 0.717) is 11.3 Å². The van der Waals surface area contributed by atoms with E-state index in [1.54, 1.807) is 13.0 Å². The van der Waals surface area contributed by atoms with Crippen LogP contribution in [0.3, 0.4) is 0 Å². The lowest BCUT2D eigenvalue weighted by molar-refractivity contribution is 0.525. The molecular formula is C12H11F2NO. The van der Waals surface area contributed by atoms with Gasteiger partial charge in [0.1, 0.15) is 17.4 Å². The van der Waals surface area contributed by atoms with E-state index in [1.165, 1.54) is 6.26 Å². The highest BCUT2D eigenvalue weighted by Gasteiger charge is 2.17. The Morgan fingerprint density at radius 3 is 2.56 bits per heavy atom. The second-order valence-electron chi connectivity index (χ2n) is 3.58. The second-order valence-corrected chi connectivity index (χ2v) is 3.58. The quantitative estimate of drug-likeness (QED) is 0.850. The second kappa shape index (κ2) is 4.06. The van der Waals surface area contributed by atoms with Crippen LogP contribution in [0.25, 0.3) is 0 Å². The Morgan fingerprint density at radius 2 is 1.94 bits per heavy atom. The molecule has 2 aromatic rings. The molecule has 1 unspecified atom stereocenters. The van der Waals surface area contributed by atoms with Crippen molar-refractivity contribution in [1.82, 2.24) is 0 Å². The van der Waals surface area contributed by atoms with Crippen molar-refractivity contribution in [2.75, 3.05) is 0 Å². The van der Waals surface area contributed by atoms with E-state index in [0.717, 1.165) is 18.2 Å². The summed E-state index contributed by atoms with van der Waals surface area (Å²) in [5.41, 5.74) is 6.65. The molecule has 16 heavy (non-hydrogen) atoms. The van der Waals surface area contributed by atoms with Gasteiger partial charge in [0.25, 0.3) is 0 Å². The number of nitrogens with two attached hydrogens (primary N) is 1. The van der Waals surface area contributed by atoms with Crippen molar-refractivity contribution in [3.63, 3.8) is 0 Å². The molecule has 0 amide bonds. The Balaban J connectivity index is 2.45. The molecule has 0 radical (unpaired) electrons. The third kappa shape index (κ3) is 1.84. The van der Waals surface area contributed by atoms with E-state index in [-0.39, 0.29) is 5.56 Å². The molecule has 2 rings (SSSR count). The summed E-state index contributed by atoms with van der Waals surface area (Å²) in [5, 5.41) is 0. The Kier molecular flexibility index (Phi) is 2.75. The molecule has 1 heterocycles. The summed E-state index contributed by atoms with van der Waals surface area (Å²) >= 11 is 0. The molecule has 0 aliphatic carbocycles. The topological polar surface area (TPSA) is 39.2 Å². The first-order chi connectivity index (χ1) is 7.59. The molecule has 4 heteroatoms. The van der Waals surface area contributed by atoms with Crippen molar-refractivity contribution in [1.29, 1.82) is 0 Å². The van der Waals surface area contributed by atoms with Gasteiger partial charge < -0.3 is 10.2 Å². The lowest BCUT2D eigenvalue weighted by Crippen LogP contribution is -2.14. The monoisotopic (exact) mass is 223 g/mol. The SMILES string of the molecule is Cc1occc1C(N)c1cc(F)ccc1F. The largest absolute Gasteiger partial charge is 0.469 e. The molecule has 84 valence electrons. The van der Waals surface area contributed by atoms with Crippen LogP contribution in [0.15, 0.2) is 34.9 Å². The van der Waals surface area contributed by atoms with Gasteiger partial charge in [0.2, 0.25) is 0 Å². The van der Waals surface area contributed by atoms with E-state index >= 15 is 0 Å². The average molecular weight is 223 g/mol. The Labute approximate surface area is 91.7 Å². The highest BCUT2D eigenvalue weighted by Crippen LogP contribution is 2.25. The van der Waals surface area contributed by atoms with Crippen LogP contribution >= 0.6 is 0 Å². The van der Waals surface area contributed by atoms with Crippen LogP contribution < -0.4 is 5.73 Å². The zero-order valence-corrected chi connectivity index (χ0v) is 8.71. The molecule has 0 aliphatic heterocycles. The van der Waals surface area contributed by atoms with Crippen molar-refractivity contribution >= 4 is 0 Å². The lowest BCUT2D eigenvalue weighted by Gasteiger charge is -2.12. The maximum Gasteiger partial charge on any atom is 0.128 e. The molecule has 0 saturated carbocycles. The van der Waals surface area contributed by atoms with E-state index in [9.17, 15) is 8.78 Å². The van der Waals surface area contributed by atoms with Gasteiger partial charge in [-0.15, -0.1) is 0 Å². The van der Waals surface area contributed by atoms with Crippen LogP contribution in [0.5, 0.6) is 0 Å². The Morgan fingerprint density at radius 1 is 1.19 bits per heavy atom. The molecule has 2 nitrogen and oxygen atoms in total. The van der Waals surface area contributed by atoms with E-state index < -0.39 is 17.7 Å². The van der Waals surface area contributed by atoms with Gasteiger partial charge in [-0.3, -0.25) is 0 Å². The van der Waals surface area contributed by atoms with E-state index in [1.807, 2.05) is 0 Å². The van der Waals surface area contributed by atoms with Crippen molar-refractivity contribution in [3.8, 4) is 0 Å². The molecule has 1 atom stereocenters. The number of halogens is 2. The molecule has 1 aromatic heterocycles. The minimum absolute atomic E-state index is 0.129. The maximum atomic E-state index is 13.5. The highest BCUT2D eigenvalue weighted by molar-refractivity contribution is 5.33. The minimum Gasteiger partial charge on any atom is -0.469 e. The number of furan rings is 1. The third-order valence-corrected chi connectivity index (χ3v) is 2.53. The number of rotatable bonds is 2. The van der Waals surface area contributed by atoms with Gasteiger partial charge in [0.15, 0.2) is 0 Å². The average Bonchev–Trinajstić information content (AvgIpc) is 2.67. The predicted octanol–water partition coefficient (Wildman–Crippen LogP) is 2.91. The zero-order chi connectivity index (χ0) is 11.7. The standard InChI is InChI=1S/C12H11F2NO/c1-7-9(4-5-16-7)12(15)10-6-8(13)2-3-11(10)14/h2-6,12H,15H2,1H3. The summed E-state index contributed by atoms with van der Waals surface area (Å²) < 4.78 is 31.6. The van der Waals surface area contributed by atoms with Gasteiger partial charge >= 0.3 is 0 Å². The first kappa shape index (κ1) is 10.8. The number of aryl methyl sites for hydroxylation is 1. The van der Waals surface area contributed by atoms with Gasteiger partial charge in [-0.1, -0.05) is 0 Å². The fraction of sp³-hybridized carbons (Fsp3) is 0.167. The molecule has 0 spiro atoms. The fourth-order valence-corrected chi connectivity index (χ4v) is 1.64. The molecular weight excluding hydrogens is 212 g/mol. The van der Waals surface area contributed by atoms with Gasteiger partial charge in [-0.25, -0.2) is 8.78 Å². The first-order valence-corrected chi connectivity index (χ1v) is 4.84. The number of hydrogen-bond donors (Lipinski definition) is 1. The van der Waals surface area contributed by atoms with Crippen LogP contribution in [-0.4, -0.2) is 0 Å². The maximum absolute atomic E-state index is 13.5. The van der Waals surface area contributed by atoms with Crippen molar-refractivity contribution in [3.05, 3.63) is 59.1 Å². The minimum atomic E-state index is -0.713. The fourth-order valence-electron chi connectivity index (χ4n) is 1.64. The van der Waals surface area contributed by atoms with Gasteiger partial charge in [0.05, 0.1) is 12.3 Å². The van der Waals surface area contributed by atoms with Gasteiger partial charge in [-0.2, -0.15) is 0 Å². The molecule has 0 bridgehead atoms. The van der Waals surface area contributed by atoms with Gasteiger partial charge in [0, 0.05) is 11.1 Å². The van der Waals surface area contributed by atoms with Gasteiger partial charge in [-0.05, 0) is 31.2 Å². The number of benzene rings is 1. The molecule has 1 aromatic carbocycles. The van der Waals surface area contributed by atoms with Crippen LogP contribution in [-0.2, 0) is 0 Å². The van der Waals surface area contributed by atoms with Crippen molar-refractivity contribution < 1.29 is 13.2 Å². The van der Waals surface area contributed by atoms with Crippen LogP contribution in [0.4, 0.5) is 8.78 Å². The van der Waals surface area contributed by atoms with Crippen molar-refractivity contribution in [2.45, 2.75) is 13.0 Å². The summed E-state index contributed by atoms with van der Waals surface area (Å²) in [5.74, 6) is -0.418. The normalized spacial score (nSPS) is 12.8. The smallest absolute Gasteiger partial charge is 0.128 e. The predicted molar refractivity (Wildman–Crippen MR) is 55.8 cm³/mol. The van der Waals surface area contributed by atoms with Crippen molar-refractivity contribution in [2.24, 2.45) is 5.73 Å². The summed E-state index contributed by atoms with van der Waals surface area (Å²) in [4.78, 5) is 0. The lowest BCUT2D eigenvalue weighted by atomic mass is 10.00. The molecule has 0 aliphatic rings. The summed E-state index contributed by atoms with van der Waals surface area (Å²) in [6, 6.07) is 4.18. The van der Waals surface area contributed by atoms with E-state index in [4.69, 9.17) is 10.2 Å². The Hall–Kier alpha value is -1.68. The van der Waals surface area contributed by atoms with Crippen LogP contribution in [0, 0.1) is 18.6 Å². The first-order valence-electron chi connectivity index (χ1n) is 4.84. The zero-order valence-electron chi connectivity index (χ0n) is 8.71. The summed E-state index contributed by atoms with van der Waals surface area (Å²) in [7, 11) is 0. The molecule has 2 N–H and O–H groups in total. The van der Waals surface area contributed by atoms with Crippen LogP contribution in [0.1, 0.15) is 22.9 Å². The van der Waals surface area contributed by atoms with E-state index in [2.05, 4.69) is 0 Å². The highest BCUT2D eigenvalue weighted by atomic mass is 19.1. The summed E-state index contributed by atoms with van der Waals surface area (Å²) in [6.07, 6.45) is 1.47.